The van der Waals surface area contributed by atoms with Crippen LogP contribution in [0, 0.1) is 5.92 Å². The minimum Gasteiger partial charge on any atom is -0.396 e. The number of aliphatic hydroxyl groups excluding tert-OH is 1. The third-order valence-corrected chi connectivity index (χ3v) is 4.86. The first-order valence-corrected chi connectivity index (χ1v) is 8.44. The molecule has 4 heteroatoms. The molecule has 2 aliphatic rings. The summed E-state index contributed by atoms with van der Waals surface area (Å²) in [4.78, 5) is 14.4. The fourth-order valence-corrected chi connectivity index (χ4v) is 3.66. The summed E-state index contributed by atoms with van der Waals surface area (Å²) < 4.78 is 0. The normalized spacial score (nSPS) is 24.9. The summed E-state index contributed by atoms with van der Waals surface area (Å²) >= 11 is 0. The Labute approximate surface area is 122 Å². The topological polar surface area (TPSA) is 52.6 Å². The van der Waals surface area contributed by atoms with Gasteiger partial charge >= 0.3 is 0 Å². The Balaban J connectivity index is 1.60. The summed E-state index contributed by atoms with van der Waals surface area (Å²) in [5.41, 5.74) is 0. The minimum absolute atomic E-state index is 0.271. The predicted octanol–water partition coefficient (Wildman–Crippen LogP) is 1.92. The van der Waals surface area contributed by atoms with Crippen molar-refractivity contribution in [2.45, 2.75) is 63.8 Å². The number of rotatable bonds is 7. The fraction of sp³-hybridized carbons (Fsp3) is 0.938. The number of hydrogen-bond donors (Lipinski definition) is 2. The molecule has 0 bridgehead atoms. The van der Waals surface area contributed by atoms with Gasteiger partial charge < -0.3 is 15.3 Å². The molecule has 1 atom stereocenters. The molecule has 0 aromatic heterocycles. The molecule has 1 aliphatic carbocycles. The summed E-state index contributed by atoms with van der Waals surface area (Å²) in [6.07, 6.45) is 10.3. The molecular formula is C16H30N2O2. The average molecular weight is 282 g/mol. The van der Waals surface area contributed by atoms with Gasteiger partial charge in [-0.3, -0.25) is 4.79 Å². The lowest BCUT2D eigenvalue weighted by Gasteiger charge is -2.35. The molecule has 1 saturated carbocycles. The van der Waals surface area contributed by atoms with Gasteiger partial charge in [-0.1, -0.05) is 19.3 Å². The molecule has 2 rings (SSSR count). The first-order valence-electron chi connectivity index (χ1n) is 8.44. The lowest BCUT2D eigenvalue weighted by Crippen LogP contribution is -2.41. The molecule has 20 heavy (non-hydrogen) atoms. The summed E-state index contributed by atoms with van der Waals surface area (Å²) in [6.45, 7) is 3.30. The standard InChI is InChI=1S/C16H30N2O2/c19-13-9-15-8-3-4-11-18(15)12-5-10-17-16(20)14-6-1-2-7-14/h14-15,19H,1-13H2,(H,17,20). The second kappa shape index (κ2) is 8.63. The largest absolute Gasteiger partial charge is 0.396 e. The zero-order valence-electron chi connectivity index (χ0n) is 12.6. The van der Waals surface area contributed by atoms with Crippen LogP contribution in [0.2, 0.25) is 0 Å². The molecule has 0 aromatic rings. The summed E-state index contributed by atoms with van der Waals surface area (Å²) in [5, 5.41) is 12.2. The van der Waals surface area contributed by atoms with Gasteiger partial charge in [0.15, 0.2) is 0 Å². The van der Waals surface area contributed by atoms with Gasteiger partial charge in [-0.15, -0.1) is 0 Å². The molecule has 1 aliphatic heterocycles. The summed E-state index contributed by atoms with van der Waals surface area (Å²) in [5.74, 6) is 0.556. The number of nitrogens with zero attached hydrogens (tertiary/aromatic N) is 1. The van der Waals surface area contributed by atoms with E-state index in [1.807, 2.05) is 0 Å². The van der Waals surface area contributed by atoms with Gasteiger partial charge in [0.2, 0.25) is 5.91 Å². The van der Waals surface area contributed by atoms with Crippen LogP contribution in [0.4, 0.5) is 0 Å². The van der Waals surface area contributed by atoms with E-state index >= 15 is 0 Å². The predicted molar refractivity (Wildman–Crippen MR) is 80.5 cm³/mol. The number of nitrogens with one attached hydrogen (secondary N) is 1. The Kier molecular flexibility index (Phi) is 6.80. The number of piperidine rings is 1. The third kappa shape index (κ3) is 4.74. The maximum Gasteiger partial charge on any atom is 0.223 e. The zero-order chi connectivity index (χ0) is 14.2. The van der Waals surface area contributed by atoms with Crippen LogP contribution in [0.5, 0.6) is 0 Å². The van der Waals surface area contributed by atoms with Crippen molar-refractivity contribution in [2.24, 2.45) is 5.92 Å². The van der Waals surface area contributed by atoms with Crippen molar-refractivity contribution in [1.29, 1.82) is 0 Å². The number of likely N-dealkylation sites (tertiary alicyclic amines) is 1. The van der Waals surface area contributed by atoms with Crippen molar-refractivity contribution in [3.05, 3.63) is 0 Å². The van der Waals surface area contributed by atoms with E-state index in [0.717, 1.165) is 45.3 Å². The molecule has 4 nitrogen and oxygen atoms in total. The molecular weight excluding hydrogens is 252 g/mol. The van der Waals surface area contributed by atoms with E-state index in [0.29, 0.717) is 12.6 Å². The van der Waals surface area contributed by atoms with E-state index in [1.165, 1.54) is 32.1 Å². The van der Waals surface area contributed by atoms with Gasteiger partial charge in [0.05, 0.1) is 0 Å². The van der Waals surface area contributed by atoms with Gasteiger partial charge in [-0.25, -0.2) is 0 Å². The molecule has 116 valence electrons. The van der Waals surface area contributed by atoms with Gasteiger partial charge in [0, 0.05) is 31.7 Å². The highest BCUT2D eigenvalue weighted by Gasteiger charge is 2.23. The Morgan fingerprint density at radius 2 is 1.90 bits per heavy atom. The Morgan fingerprint density at radius 1 is 1.15 bits per heavy atom. The van der Waals surface area contributed by atoms with Crippen LogP contribution in [0.3, 0.4) is 0 Å². The molecule has 2 N–H and O–H groups in total. The lowest BCUT2D eigenvalue weighted by atomic mass is 9.99. The minimum atomic E-state index is 0.271. The van der Waals surface area contributed by atoms with E-state index in [4.69, 9.17) is 5.11 Å². The number of amides is 1. The van der Waals surface area contributed by atoms with Crippen molar-refractivity contribution in [2.75, 3.05) is 26.2 Å². The van der Waals surface area contributed by atoms with E-state index in [-0.39, 0.29) is 11.8 Å². The Hall–Kier alpha value is -0.610. The quantitative estimate of drug-likeness (QED) is 0.702. The fourth-order valence-electron chi connectivity index (χ4n) is 3.66. The highest BCUT2D eigenvalue weighted by atomic mass is 16.3. The number of carbonyl (C=O) groups excluding carboxylic acids is 1. The van der Waals surface area contributed by atoms with Crippen LogP contribution < -0.4 is 5.32 Å². The Morgan fingerprint density at radius 3 is 2.65 bits per heavy atom. The second-order valence-electron chi connectivity index (χ2n) is 6.32. The maximum absolute atomic E-state index is 11.9. The Bertz CT molecular complexity index is 288. The summed E-state index contributed by atoms with van der Waals surface area (Å²) in [7, 11) is 0. The van der Waals surface area contributed by atoms with Crippen molar-refractivity contribution in [3.8, 4) is 0 Å². The van der Waals surface area contributed by atoms with E-state index in [9.17, 15) is 4.79 Å². The van der Waals surface area contributed by atoms with Crippen molar-refractivity contribution >= 4 is 5.91 Å². The van der Waals surface area contributed by atoms with Gasteiger partial charge in [0.1, 0.15) is 0 Å². The number of carbonyl (C=O) groups is 1. The highest BCUT2D eigenvalue weighted by molar-refractivity contribution is 5.78. The molecule has 0 radical (unpaired) electrons. The van der Waals surface area contributed by atoms with Crippen LogP contribution >= 0.6 is 0 Å². The third-order valence-electron chi connectivity index (χ3n) is 4.86. The molecule has 2 fully saturated rings. The first-order chi connectivity index (χ1) is 9.81. The number of hydrogen-bond acceptors (Lipinski definition) is 3. The van der Waals surface area contributed by atoms with Crippen molar-refractivity contribution < 1.29 is 9.90 Å². The monoisotopic (exact) mass is 282 g/mol. The van der Waals surface area contributed by atoms with Crippen LogP contribution in [-0.4, -0.2) is 48.2 Å². The van der Waals surface area contributed by atoms with Crippen LogP contribution in [-0.2, 0) is 4.79 Å². The van der Waals surface area contributed by atoms with Gasteiger partial charge in [-0.2, -0.15) is 0 Å². The van der Waals surface area contributed by atoms with E-state index in [2.05, 4.69) is 10.2 Å². The average Bonchev–Trinajstić information content (AvgIpc) is 2.99. The van der Waals surface area contributed by atoms with E-state index in [1.54, 1.807) is 0 Å². The maximum atomic E-state index is 11.9. The molecule has 1 unspecified atom stereocenters. The van der Waals surface area contributed by atoms with Gasteiger partial charge in [-0.05, 0) is 45.1 Å². The molecule has 1 heterocycles. The SMILES string of the molecule is O=C(NCCCN1CCCCC1CCO)C1CCCC1. The molecule has 0 aromatic carbocycles. The molecule has 1 saturated heterocycles. The molecule has 0 spiro atoms. The van der Waals surface area contributed by atoms with Crippen molar-refractivity contribution in [3.63, 3.8) is 0 Å². The lowest BCUT2D eigenvalue weighted by molar-refractivity contribution is -0.124. The van der Waals surface area contributed by atoms with Crippen molar-refractivity contribution in [1.82, 2.24) is 10.2 Å². The van der Waals surface area contributed by atoms with Crippen LogP contribution in [0.1, 0.15) is 57.8 Å². The number of aliphatic hydroxyl groups is 1. The first kappa shape index (κ1) is 15.8. The van der Waals surface area contributed by atoms with Crippen LogP contribution in [0.25, 0.3) is 0 Å². The summed E-state index contributed by atoms with van der Waals surface area (Å²) in [6, 6.07) is 0.555. The molecule has 1 amide bonds. The van der Waals surface area contributed by atoms with Crippen LogP contribution in [0.15, 0.2) is 0 Å². The zero-order valence-corrected chi connectivity index (χ0v) is 12.6. The van der Waals surface area contributed by atoms with Gasteiger partial charge in [0.25, 0.3) is 0 Å². The highest BCUT2D eigenvalue weighted by Crippen LogP contribution is 2.24. The van der Waals surface area contributed by atoms with E-state index < -0.39 is 0 Å². The smallest absolute Gasteiger partial charge is 0.223 e. The second-order valence-corrected chi connectivity index (χ2v) is 6.32.